The lowest BCUT2D eigenvalue weighted by Crippen LogP contribution is -2.27. The molecular formula is C25H26ClFN6O2. The summed E-state index contributed by atoms with van der Waals surface area (Å²) >= 11 is 6.17. The normalized spacial score (nSPS) is 13.8. The minimum Gasteiger partial charge on any atom is -0.378 e. The van der Waals surface area contributed by atoms with Gasteiger partial charge in [-0.25, -0.2) is 9.37 Å². The van der Waals surface area contributed by atoms with Gasteiger partial charge in [0.2, 0.25) is 0 Å². The largest absolute Gasteiger partial charge is 0.378 e. The molecule has 182 valence electrons. The summed E-state index contributed by atoms with van der Waals surface area (Å²) in [4.78, 5) is 22.5. The van der Waals surface area contributed by atoms with Crippen LogP contribution in [0.3, 0.4) is 0 Å². The number of likely N-dealkylation sites (N-methyl/N-ethyl adjacent to an activating group) is 1. The number of carbonyl (C=O) groups is 1. The summed E-state index contributed by atoms with van der Waals surface area (Å²) in [6, 6.07) is 5.43. The molecule has 4 heterocycles. The second-order valence-corrected chi connectivity index (χ2v) is 9.26. The summed E-state index contributed by atoms with van der Waals surface area (Å²) in [6.45, 7) is 2.36. The highest BCUT2D eigenvalue weighted by atomic mass is 35.5. The number of aromatic amines is 1. The van der Waals surface area contributed by atoms with Crippen molar-refractivity contribution in [2.45, 2.75) is 32.7 Å². The summed E-state index contributed by atoms with van der Waals surface area (Å²) < 4.78 is 21.8. The first-order valence-electron chi connectivity index (χ1n) is 11.3. The van der Waals surface area contributed by atoms with Gasteiger partial charge in [-0.15, -0.1) is 0 Å². The maximum atomic E-state index is 14.9. The Balaban J connectivity index is 1.35. The Bertz CT molecular complexity index is 1400. The molecule has 5 rings (SSSR count). The minimum atomic E-state index is -0.295. The molecule has 0 saturated carbocycles. The van der Waals surface area contributed by atoms with Gasteiger partial charge in [0.1, 0.15) is 11.5 Å². The molecule has 8 nitrogen and oxygen atoms in total. The van der Waals surface area contributed by atoms with E-state index < -0.39 is 0 Å². The van der Waals surface area contributed by atoms with Crippen molar-refractivity contribution in [3.63, 3.8) is 0 Å². The van der Waals surface area contributed by atoms with Gasteiger partial charge >= 0.3 is 0 Å². The number of rotatable bonds is 7. The number of halogens is 2. The molecule has 0 atom stereocenters. The topological polar surface area (TPSA) is 88.1 Å². The number of aromatic nitrogens is 4. The number of pyridine rings is 1. The predicted molar refractivity (Wildman–Crippen MR) is 131 cm³/mol. The van der Waals surface area contributed by atoms with Crippen LogP contribution in [0, 0.1) is 5.82 Å². The quantitative estimate of drug-likeness (QED) is 0.407. The van der Waals surface area contributed by atoms with Gasteiger partial charge < -0.3 is 19.9 Å². The van der Waals surface area contributed by atoms with E-state index >= 15 is 0 Å². The minimum absolute atomic E-state index is 0.171. The second-order valence-electron chi connectivity index (χ2n) is 8.85. The third kappa shape index (κ3) is 4.80. The third-order valence-corrected chi connectivity index (χ3v) is 6.67. The van der Waals surface area contributed by atoms with Crippen LogP contribution in [0.1, 0.15) is 38.3 Å². The molecule has 0 fully saturated rings. The number of H-pyrrole nitrogens is 1. The highest BCUT2D eigenvalue weighted by Crippen LogP contribution is 2.24. The number of nitrogens with one attached hydrogen (secondary N) is 2. The van der Waals surface area contributed by atoms with Crippen LogP contribution in [0.15, 0.2) is 36.8 Å². The van der Waals surface area contributed by atoms with Gasteiger partial charge in [0.25, 0.3) is 5.91 Å². The molecule has 1 aliphatic heterocycles. The molecule has 35 heavy (non-hydrogen) atoms. The Kier molecular flexibility index (Phi) is 6.55. The van der Waals surface area contributed by atoms with Crippen molar-refractivity contribution in [2.24, 2.45) is 0 Å². The van der Waals surface area contributed by atoms with Crippen LogP contribution in [-0.2, 0) is 37.4 Å². The highest BCUT2D eigenvalue weighted by Gasteiger charge is 2.21. The van der Waals surface area contributed by atoms with E-state index in [1.54, 1.807) is 30.3 Å². The van der Waals surface area contributed by atoms with Gasteiger partial charge in [-0.3, -0.25) is 9.48 Å². The van der Waals surface area contributed by atoms with Crippen molar-refractivity contribution in [3.05, 3.63) is 81.1 Å². The molecule has 0 radical (unpaired) electrons. The Labute approximate surface area is 207 Å². The number of ether oxygens (including phenoxy) is 1. The lowest BCUT2D eigenvalue weighted by Gasteiger charge is -2.25. The van der Waals surface area contributed by atoms with E-state index in [2.05, 4.69) is 32.3 Å². The monoisotopic (exact) mass is 496 g/mol. The van der Waals surface area contributed by atoms with Crippen molar-refractivity contribution in [3.8, 4) is 0 Å². The smallest absolute Gasteiger partial charge is 0.255 e. The number of hydrogen-bond donors (Lipinski definition) is 2. The molecule has 0 saturated heterocycles. The zero-order valence-corrected chi connectivity index (χ0v) is 20.3. The van der Waals surface area contributed by atoms with E-state index in [0.717, 1.165) is 41.6 Å². The highest BCUT2D eigenvalue weighted by molar-refractivity contribution is 6.35. The van der Waals surface area contributed by atoms with Crippen LogP contribution < -0.4 is 5.32 Å². The number of hydrogen-bond acceptors (Lipinski definition) is 5. The average molecular weight is 497 g/mol. The summed E-state index contributed by atoms with van der Waals surface area (Å²) in [5.74, 6) is -0.555. The van der Waals surface area contributed by atoms with Crippen molar-refractivity contribution in [1.29, 1.82) is 0 Å². The van der Waals surface area contributed by atoms with Crippen LogP contribution >= 0.6 is 11.6 Å². The van der Waals surface area contributed by atoms with Gasteiger partial charge in [0.15, 0.2) is 0 Å². The van der Waals surface area contributed by atoms with Gasteiger partial charge in [-0.1, -0.05) is 11.6 Å². The lowest BCUT2D eigenvalue weighted by atomic mass is 9.97. The second kappa shape index (κ2) is 9.77. The number of nitrogens with zero attached hydrogens (tertiary/aromatic N) is 4. The van der Waals surface area contributed by atoms with Gasteiger partial charge in [0.05, 0.1) is 35.6 Å². The molecule has 2 N–H and O–H groups in total. The number of amides is 1. The van der Waals surface area contributed by atoms with Crippen LogP contribution in [-0.4, -0.2) is 51.3 Å². The number of carbonyl (C=O) groups excluding carboxylic acids is 1. The fraction of sp³-hybridized carbons (Fsp3) is 0.320. The summed E-state index contributed by atoms with van der Waals surface area (Å²) in [5, 5.41) is 8.66. The van der Waals surface area contributed by atoms with E-state index in [4.69, 9.17) is 16.3 Å². The zero-order valence-electron chi connectivity index (χ0n) is 19.6. The molecule has 1 aliphatic rings. The predicted octanol–water partition coefficient (Wildman–Crippen LogP) is 3.66. The molecule has 3 aromatic heterocycles. The molecule has 0 aliphatic carbocycles. The Morgan fingerprint density at radius 3 is 2.97 bits per heavy atom. The first kappa shape index (κ1) is 23.5. The van der Waals surface area contributed by atoms with Gasteiger partial charge in [0, 0.05) is 50.1 Å². The maximum Gasteiger partial charge on any atom is 0.255 e. The van der Waals surface area contributed by atoms with E-state index in [1.165, 1.54) is 6.20 Å². The summed E-state index contributed by atoms with van der Waals surface area (Å²) in [6.07, 6.45) is 5.70. The van der Waals surface area contributed by atoms with E-state index in [1.807, 2.05) is 12.1 Å². The molecule has 1 aromatic carbocycles. The molecule has 0 unspecified atom stereocenters. The Hall–Kier alpha value is -3.27. The van der Waals surface area contributed by atoms with Gasteiger partial charge in [-0.2, -0.15) is 5.10 Å². The fourth-order valence-electron chi connectivity index (χ4n) is 4.47. The number of methoxy groups -OCH3 is 1. The number of fused-ring (bicyclic) bond motifs is 2. The third-order valence-electron chi connectivity index (χ3n) is 6.36. The molecular weight excluding hydrogens is 471 g/mol. The maximum absolute atomic E-state index is 14.9. The van der Waals surface area contributed by atoms with Crippen molar-refractivity contribution in [2.75, 3.05) is 20.7 Å². The SMILES string of the molecule is COCc1c(C(=O)NCc2cnc3[nH]cc(Cl)c3c2)cnn1Cc1cc2c(cc1F)CCN(C)C2. The van der Waals surface area contributed by atoms with Crippen LogP contribution in [0.4, 0.5) is 4.39 Å². The van der Waals surface area contributed by atoms with Crippen molar-refractivity contribution < 1.29 is 13.9 Å². The van der Waals surface area contributed by atoms with E-state index in [-0.39, 0.29) is 31.4 Å². The Morgan fingerprint density at radius 2 is 2.14 bits per heavy atom. The fourth-order valence-corrected chi connectivity index (χ4v) is 4.67. The first-order chi connectivity index (χ1) is 16.9. The van der Waals surface area contributed by atoms with Crippen LogP contribution in [0.2, 0.25) is 5.02 Å². The van der Waals surface area contributed by atoms with E-state index in [0.29, 0.717) is 27.5 Å². The standard InChI is InChI=1S/C25H26ClFN6O2/c1-32-4-3-16-7-22(27)18(6-17(16)12-32)13-33-23(14-35-2)20(10-31-33)25(34)30-9-15-5-19-21(26)11-29-24(19)28-8-15/h5-8,10-11H,3-4,9,12-14H2,1-2H3,(H,28,29)(H,30,34). The van der Waals surface area contributed by atoms with Crippen molar-refractivity contribution >= 4 is 28.5 Å². The molecule has 4 aromatic rings. The summed E-state index contributed by atoms with van der Waals surface area (Å²) in [5.41, 5.74) is 5.19. The van der Waals surface area contributed by atoms with Crippen LogP contribution in [0.5, 0.6) is 0 Å². The summed E-state index contributed by atoms with van der Waals surface area (Å²) in [7, 11) is 3.61. The van der Waals surface area contributed by atoms with Crippen molar-refractivity contribution in [1.82, 2.24) is 30.0 Å². The lowest BCUT2D eigenvalue weighted by molar-refractivity contribution is 0.0945. The van der Waals surface area contributed by atoms with Gasteiger partial charge in [-0.05, 0) is 48.4 Å². The van der Waals surface area contributed by atoms with Crippen LogP contribution in [0.25, 0.3) is 11.0 Å². The van der Waals surface area contributed by atoms with E-state index in [9.17, 15) is 9.18 Å². The average Bonchev–Trinajstić information content (AvgIpc) is 3.41. The first-order valence-corrected chi connectivity index (χ1v) is 11.7. The molecule has 0 bridgehead atoms. The Morgan fingerprint density at radius 1 is 1.29 bits per heavy atom. The molecule has 1 amide bonds. The molecule has 10 heteroatoms. The number of benzene rings is 1. The molecule has 0 spiro atoms. The zero-order chi connectivity index (χ0) is 24.5.